The van der Waals surface area contributed by atoms with E-state index in [4.69, 9.17) is 18.6 Å². The van der Waals surface area contributed by atoms with Crippen LogP contribution in [-0.4, -0.2) is 62.9 Å². The first-order valence-corrected chi connectivity index (χ1v) is 15.7. The number of ether oxygens (including phenoxy) is 3. The maximum atomic E-state index is 13.2. The number of amides is 1. The van der Waals surface area contributed by atoms with Crippen molar-refractivity contribution in [3.05, 3.63) is 35.9 Å². The number of unbranched alkanes of at least 4 members (excludes halogenated alkanes) is 3. The number of carbonyl (C=O) groups excluding carboxylic acids is 1. The molecule has 1 aromatic carbocycles. The molecule has 0 aromatic heterocycles. The molecule has 0 bridgehead atoms. The van der Waals surface area contributed by atoms with E-state index < -0.39 is 20.2 Å². The number of carbonyl (C=O) groups is 1. The maximum Gasteiger partial charge on any atom is 0.254 e. The van der Waals surface area contributed by atoms with Crippen LogP contribution in [0.3, 0.4) is 0 Å². The van der Waals surface area contributed by atoms with Crippen LogP contribution in [0, 0.1) is 0 Å². The van der Waals surface area contributed by atoms with Gasteiger partial charge in [-0.3, -0.25) is 4.79 Å². The Hall–Kier alpha value is -1.25. The van der Waals surface area contributed by atoms with Gasteiger partial charge in [0.25, 0.3) is 5.91 Å². The number of likely N-dealkylation sites (tertiary alicyclic amines) is 1. The molecule has 34 heavy (non-hydrogen) atoms. The molecule has 1 aromatic rings. The van der Waals surface area contributed by atoms with Crippen LogP contribution in [-0.2, 0) is 30.0 Å². The van der Waals surface area contributed by atoms with E-state index in [1.807, 2.05) is 36.9 Å². The third-order valence-corrected chi connectivity index (χ3v) is 11.8. The molecule has 0 radical (unpaired) electrons. The van der Waals surface area contributed by atoms with Crippen molar-refractivity contribution in [2.24, 2.45) is 0 Å². The molecular weight excluding hydrogens is 446 g/mol. The van der Waals surface area contributed by atoms with E-state index in [2.05, 4.69) is 46.0 Å². The number of piperidine rings is 1. The van der Waals surface area contributed by atoms with E-state index in [1.165, 1.54) is 5.56 Å². The molecule has 2 saturated heterocycles. The van der Waals surface area contributed by atoms with Gasteiger partial charge < -0.3 is 23.5 Å². The largest absolute Gasteiger partial charge is 0.409 e. The van der Waals surface area contributed by atoms with E-state index >= 15 is 0 Å². The van der Waals surface area contributed by atoms with Gasteiger partial charge in [-0.1, -0.05) is 63.9 Å². The Morgan fingerprint density at radius 3 is 2.41 bits per heavy atom. The van der Waals surface area contributed by atoms with Crippen LogP contribution in [0.2, 0.25) is 18.1 Å². The maximum absolute atomic E-state index is 13.2. The van der Waals surface area contributed by atoms with Crippen molar-refractivity contribution in [1.82, 2.24) is 4.90 Å². The van der Waals surface area contributed by atoms with Gasteiger partial charge in [0.15, 0.2) is 20.2 Å². The molecule has 2 aliphatic rings. The third-order valence-electron chi connectivity index (χ3n) is 7.28. The van der Waals surface area contributed by atoms with Crippen LogP contribution in [0.25, 0.3) is 0 Å². The zero-order valence-corrected chi connectivity index (χ0v) is 23.3. The van der Waals surface area contributed by atoms with E-state index in [-0.39, 0.29) is 23.2 Å². The highest BCUT2D eigenvalue weighted by Gasteiger charge is 2.55. The summed E-state index contributed by atoms with van der Waals surface area (Å²) in [7, 11) is -2.02. The summed E-state index contributed by atoms with van der Waals surface area (Å²) < 4.78 is 24.7. The molecule has 192 valence electrons. The summed E-state index contributed by atoms with van der Waals surface area (Å²) in [6.07, 6.45) is 3.10. The zero-order chi connectivity index (χ0) is 25.0. The van der Waals surface area contributed by atoms with E-state index in [9.17, 15) is 4.79 Å². The second-order valence-corrected chi connectivity index (χ2v) is 16.4. The smallest absolute Gasteiger partial charge is 0.254 e. The number of rotatable bonds is 11. The summed E-state index contributed by atoms with van der Waals surface area (Å²) in [5.41, 5.74) is 1.21. The number of hydrogen-bond acceptors (Lipinski definition) is 5. The van der Waals surface area contributed by atoms with Crippen molar-refractivity contribution < 1.29 is 23.4 Å². The molecule has 0 saturated carbocycles. The molecule has 0 unspecified atom stereocenters. The summed E-state index contributed by atoms with van der Waals surface area (Å²) in [4.78, 5) is 15.1. The normalized spacial score (nSPS) is 25.0. The minimum absolute atomic E-state index is 0.0388. The van der Waals surface area contributed by atoms with Crippen molar-refractivity contribution in [2.45, 2.75) is 109 Å². The molecule has 7 heteroatoms. The Kier molecular flexibility index (Phi) is 9.01. The average molecular weight is 492 g/mol. The molecule has 6 nitrogen and oxygen atoms in total. The minimum Gasteiger partial charge on any atom is -0.409 e. The van der Waals surface area contributed by atoms with E-state index in [1.54, 1.807) is 0 Å². The van der Waals surface area contributed by atoms with Gasteiger partial charge in [-0.2, -0.15) is 0 Å². The van der Waals surface area contributed by atoms with E-state index in [0.717, 1.165) is 38.8 Å². The summed E-state index contributed by atoms with van der Waals surface area (Å²) in [6.45, 7) is 17.7. The molecule has 2 fully saturated rings. The lowest BCUT2D eigenvalue weighted by Gasteiger charge is -2.45. The highest BCUT2D eigenvalue weighted by Crippen LogP contribution is 2.41. The Morgan fingerprint density at radius 1 is 1.06 bits per heavy atom. The van der Waals surface area contributed by atoms with Crippen molar-refractivity contribution in [2.75, 3.05) is 19.7 Å². The lowest BCUT2D eigenvalue weighted by atomic mass is 10.0. The molecular formula is C27H45NO5Si. The first-order chi connectivity index (χ1) is 15.9. The zero-order valence-electron chi connectivity index (χ0n) is 22.3. The van der Waals surface area contributed by atoms with Gasteiger partial charge in [0, 0.05) is 19.7 Å². The summed E-state index contributed by atoms with van der Waals surface area (Å²) in [6, 6.07) is 10.3. The molecule has 0 aliphatic carbocycles. The highest BCUT2D eigenvalue weighted by atomic mass is 28.4. The predicted molar refractivity (Wildman–Crippen MR) is 137 cm³/mol. The van der Waals surface area contributed by atoms with Crippen LogP contribution >= 0.6 is 0 Å². The molecule has 0 N–H and O–H groups in total. The van der Waals surface area contributed by atoms with Crippen molar-refractivity contribution in [3.8, 4) is 0 Å². The fraction of sp³-hybridized carbons (Fsp3) is 0.741. The molecule has 2 heterocycles. The lowest BCUT2D eigenvalue weighted by Crippen LogP contribution is -2.61. The second kappa shape index (κ2) is 11.2. The van der Waals surface area contributed by atoms with Crippen molar-refractivity contribution in [1.29, 1.82) is 0 Å². The predicted octanol–water partition coefficient (Wildman–Crippen LogP) is 5.52. The van der Waals surface area contributed by atoms with Gasteiger partial charge in [-0.25, -0.2) is 0 Å². The monoisotopic (exact) mass is 491 g/mol. The van der Waals surface area contributed by atoms with Crippen molar-refractivity contribution >= 4 is 14.2 Å². The fourth-order valence-corrected chi connectivity index (χ4v) is 5.65. The minimum atomic E-state index is -2.02. The Bertz CT molecular complexity index is 792. The SMILES string of the molecule is CC1(C)O[C@@H]2[C@H](O[Si](C)(C)C(C)(C)C)CN(CCCCCCOCc3ccccc3)C(=O)[C@@H]2O1. The molecule has 0 spiro atoms. The summed E-state index contributed by atoms with van der Waals surface area (Å²) >= 11 is 0. The van der Waals surface area contributed by atoms with Crippen LogP contribution in [0.4, 0.5) is 0 Å². The van der Waals surface area contributed by atoms with Gasteiger partial charge in [0.2, 0.25) is 0 Å². The first-order valence-electron chi connectivity index (χ1n) is 12.8. The Balaban J connectivity index is 1.46. The van der Waals surface area contributed by atoms with Crippen molar-refractivity contribution in [3.63, 3.8) is 0 Å². The first kappa shape index (κ1) is 27.3. The number of fused-ring (bicyclic) bond motifs is 1. The summed E-state index contributed by atoms with van der Waals surface area (Å²) in [5.74, 6) is -0.729. The van der Waals surface area contributed by atoms with Gasteiger partial charge >= 0.3 is 0 Å². The number of nitrogens with zero attached hydrogens (tertiary/aromatic N) is 1. The molecule has 3 rings (SSSR count). The second-order valence-electron chi connectivity index (χ2n) is 11.7. The lowest BCUT2D eigenvalue weighted by molar-refractivity contribution is -0.159. The van der Waals surface area contributed by atoms with Gasteiger partial charge in [0.05, 0.1) is 12.7 Å². The third kappa shape index (κ3) is 7.14. The van der Waals surface area contributed by atoms with Crippen LogP contribution < -0.4 is 0 Å². The molecule has 1 amide bonds. The van der Waals surface area contributed by atoms with Crippen LogP contribution in [0.5, 0.6) is 0 Å². The molecule has 2 aliphatic heterocycles. The summed E-state index contributed by atoms with van der Waals surface area (Å²) in [5, 5.41) is 0.0896. The van der Waals surface area contributed by atoms with Crippen LogP contribution in [0.1, 0.15) is 65.9 Å². The average Bonchev–Trinajstić information content (AvgIpc) is 3.08. The molecule has 3 atom stereocenters. The Labute approximate surface area is 207 Å². The quantitative estimate of drug-likeness (QED) is 0.301. The topological polar surface area (TPSA) is 57.2 Å². The van der Waals surface area contributed by atoms with Crippen LogP contribution in [0.15, 0.2) is 30.3 Å². The van der Waals surface area contributed by atoms with Gasteiger partial charge in [-0.15, -0.1) is 0 Å². The standard InChI is InChI=1S/C27H45NO5Si/c1-26(2,3)34(6,7)33-22-19-28(25(29)24-23(22)31-27(4,5)32-24)17-13-8-9-14-18-30-20-21-15-11-10-12-16-21/h10-12,15-16,22-24H,8-9,13-14,17-20H2,1-7H3/t22-,23-,24-/m1/s1. The highest BCUT2D eigenvalue weighted by molar-refractivity contribution is 6.74. The van der Waals surface area contributed by atoms with Gasteiger partial charge in [0.1, 0.15) is 6.10 Å². The fourth-order valence-electron chi connectivity index (χ4n) is 4.33. The Morgan fingerprint density at radius 2 is 1.74 bits per heavy atom. The van der Waals surface area contributed by atoms with E-state index in [0.29, 0.717) is 13.2 Å². The number of benzene rings is 1. The van der Waals surface area contributed by atoms with Gasteiger partial charge in [-0.05, 0) is 50.4 Å². The number of hydrogen-bond donors (Lipinski definition) is 0.